The summed E-state index contributed by atoms with van der Waals surface area (Å²) in [6, 6.07) is 8.34. The molecule has 0 fully saturated rings. The van der Waals surface area contributed by atoms with E-state index in [-0.39, 0.29) is 18.9 Å². The van der Waals surface area contributed by atoms with Crippen LogP contribution in [-0.4, -0.2) is 35.0 Å². The van der Waals surface area contributed by atoms with Crippen molar-refractivity contribution in [1.29, 1.82) is 5.26 Å². The smallest absolute Gasteiger partial charge is 0.305 e. The van der Waals surface area contributed by atoms with Crippen molar-refractivity contribution in [2.75, 3.05) is 13.1 Å². The molecule has 1 N–H and O–H groups in total. The normalized spacial score (nSPS) is 9.56. The maximum absolute atomic E-state index is 12.1. The number of hydrogen-bond donors (Lipinski definition) is 1. The van der Waals surface area contributed by atoms with E-state index in [4.69, 9.17) is 10.4 Å². The summed E-state index contributed by atoms with van der Waals surface area (Å²) in [6.45, 7) is 2.39. The molecule has 5 nitrogen and oxygen atoms in total. The molecule has 0 aromatic heterocycles. The van der Waals surface area contributed by atoms with Gasteiger partial charge in [0.25, 0.3) is 5.91 Å². The summed E-state index contributed by atoms with van der Waals surface area (Å²) >= 11 is 0. The fourth-order valence-corrected chi connectivity index (χ4v) is 1.54. The lowest BCUT2D eigenvalue weighted by Gasteiger charge is -2.20. The molecule has 0 aliphatic heterocycles. The van der Waals surface area contributed by atoms with Gasteiger partial charge in [-0.2, -0.15) is 5.26 Å². The molecular weight excluding hydrogens is 232 g/mol. The Morgan fingerprint density at radius 2 is 2.17 bits per heavy atom. The monoisotopic (exact) mass is 246 g/mol. The van der Waals surface area contributed by atoms with Crippen molar-refractivity contribution in [3.05, 3.63) is 35.4 Å². The van der Waals surface area contributed by atoms with Crippen LogP contribution in [0.25, 0.3) is 0 Å². The van der Waals surface area contributed by atoms with E-state index in [1.807, 2.05) is 6.07 Å². The van der Waals surface area contributed by atoms with Crippen LogP contribution >= 0.6 is 0 Å². The predicted octanol–water partition coefficient (Wildman–Crippen LogP) is 1.50. The molecule has 0 atom stereocenters. The molecule has 0 unspecified atom stereocenters. The van der Waals surface area contributed by atoms with Crippen LogP contribution in [0, 0.1) is 11.3 Å². The van der Waals surface area contributed by atoms with Gasteiger partial charge in [-0.05, 0) is 25.1 Å². The third-order valence-corrected chi connectivity index (χ3v) is 2.50. The first-order valence-corrected chi connectivity index (χ1v) is 5.59. The number of nitrogens with zero attached hydrogens (tertiary/aromatic N) is 2. The Labute approximate surface area is 105 Å². The Bertz CT molecular complexity index is 491. The van der Waals surface area contributed by atoms with Gasteiger partial charge in [-0.25, -0.2) is 0 Å². The first-order chi connectivity index (χ1) is 8.58. The highest BCUT2D eigenvalue weighted by atomic mass is 16.4. The van der Waals surface area contributed by atoms with Crippen molar-refractivity contribution >= 4 is 11.9 Å². The summed E-state index contributed by atoms with van der Waals surface area (Å²) < 4.78 is 0. The third-order valence-electron chi connectivity index (χ3n) is 2.50. The van der Waals surface area contributed by atoms with Crippen molar-refractivity contribution in [2.24, 2.45) is 0 Å². The Kier molecular flexibility index (Phi) is 4.88. The molecular formula is C13H14N2O3. The zero-order valence-corrected chi connectivity index (χ0v) is 10.1. The summed E-state index contributed by atoms with van der Waals surface area (Å²) in [7, 11) is 0. The molecule has 0 radical (unpaired) electrons. The van der Waals surface area contributed by atoms with Gasteiger partial charge in [-0.3, -0.25) is 9.59 Å². The first-order valence-electron chi connectivity index (χ1n) is 5.59. The number of nitriles is 1. The molecule has 0 saturated carbocycles. The number of rotatable bonds is 5. The average Bonchev–Trinajstić information content (AvgIpc) is 2.39. The van der Waals surface area contributed by atoms with Gasteiger partial charge in [0.15, 0.2) is 0 Å². The Morgan fingerprint density at radius 1 is 1.44 bits per heavy atom. The molecule has 0 aliphatic rings. The van der Waals surface area contributed by atoms with Gasteiger partial charge in [0.1, 0.15) is 0 Å². The number of aliphatic carboxylic acids is 1. The summed E-state index contributed by atoms with van der Waals surface area (Å²) in [5.41, 5.74) is 0.816. The lowest BCUT2D eigenvalue weighted by Crippen LogP contribution is -2.32. The molecule has 1 rings (SSSR count). The number of amides is 1. The van der Waals surface area contributed by atoms with Gasteiger partial charge in [0, 0.05) is 18.7 Å². The quantitative estimate of drug-likeness (QED) is 0.853. The molecule has 18 heavy (non-hydrogen) atoms. The van der Waals surface area contributed by atoms with Crippen molar-refractivity contribution in [2.45, 2.75) is 13.3 Å². The number of carboxylic acids is 1. The van der Waals surface area contributed by atoms with Gasteiger partial charge in [-0.1, -0.05) is 6.07 Å². The van der Waals surface area contributed by atoms with Gasteiger partial charge in [-0.15, -0.1) is 0 Å². The Hall–Kier alpha value is -2.35. The first kappa shape index (κ1) is 13.7. The maximum Gasteiger partial charge on any atom is 0.305 e. The van der Waals surface area contributed by atoms with E-state index in [0.29, 0.717) is 17.7 Å². The second-order valence-corrected chi connectivity index (χ2v) is 3.72. The van der Waals surface area contributed by atoms with E-state index in [1.165, 1.54) is 11.0 Å². The summed E-state index contributed by atoms with van der Waals surface area (Å²) in [5, 5.41) is 17.4. The molecule has 1 aromatic rings. The van der Waals surface area contributed by atoms with E-state index < -0.39 is 5.97 Å². The number of carboxylic acid groups (broad SMARTS) is 1. The van der Waals surface area contributed by atoms with E-state index in [0.717, 1.165) is 0 Å². The maximum atomic E-state index is 12.1. The largest absolute Gasteiger partial charge is 0.481 e. The van der Waals surface area contributed by atoms with Crippen LogP contribution in [0.15, 0.2) is 24.3 Å². The van der Waals surface area contributed by atoms with E-state index >= 15 is 0 Å². The zero-order valence-electron chi connectivity index (χ0n) is 10.1. The zero-order chi connectivity index (χ0) is 13.5. The van der Waals surface area contributed by atoms with Crippen LogP contribution in [0.3, 0.4) is 0 Å². The molecule has 0 spiro atoms. The fourth-order valence-electron chi connectivity index (χ4n) is 1.54. The minimum absolute atomic E-state index is 0.0858. The Morgan fingerprint density at radius 3 is 2.72 bits per heavy atom. The van der Waals surface area contributed by atoms with Crippen molar-refractivity contribution in [3.63, 3.8) is 0 Å². The molecule has 0 saturated heterocycles. The Balaban J connectivity index is 2.83. The lowest BCUT2D eigenvalue weighted by molar-refractivity contribution is -0.137. The van der Waals surface area contributed by atoms with Crippen molar-refractivity contribution < 1.29 is 14.7 Å². The molecule has 94 valence electrons. The van der Waals surface area contributed by atoms with Gasteiger partial charge < -0.3 is 10.0 Å². The number of hydrogen-bond acceptors (Lipinski definition) is 3. The highest BCUT2D eigenvalue weighted by Crippen LogP contribution is 2.08. The van der Waals surface area contributed by atoms with Crippen LogP contribution in [0.1, 0.15) is 29.3 Å². The minimum atomic E-state index is -0.938. The second-order valence-electron chi connectivity index (χ2n) is 3.72. The molecule has 0 heterocycles. The summed E-state index contributed by atoms with van der Waals surface area (Å²) in [4.78, 5) is 24.0. The van der Waals surface area contributed by atoms with Gasteiger partial charge >= 0.3 is 5.97 Å². The van der Waals surface area contributed by atoms with E-state index in [2.05, 4.69) is 0 Å². The van der Waals surface area contributed by atoms with Gasteiger partial charge in [0.05, 0.1) is 18.1 Å². The van der Waals surface area contributed by atoms with Crippen LogP contribution in [0.5, 0.6) is 0 Å². The lowest BCUT2D eigenvalue weighted by atomic mass is 10.1. The van der Waals surface area contributed by atoms with Gasteiger partial charge in [0.2, 0.25) is 0 Å². The topological polar surface area (TPSA) is 81.4 Å². The average molecular weight is 246 g/mol. The minimum Gasteiger partial charge on any atom is -0.481 e. The third kappa shape index (κ3) is 3.59. The number of benzene rings is 1. The second kappa shape index (κ2) is 6.40. The predicted molar refractivity (Wildman–Crippen MR) is 65.0 cm³/mol. The SMILES string of the molecule is CCN(CCC(=O)O)C(=O)c1cccc(C#N)c1. The summed E-state index contributed by atoms with van der Waals surface area (Å²) in [5.74, 6) is -1.19. The van der Waals surface area contributed by atoms with Crippen LogP contribution < -0.4 is 0 Å². The molecule has 5 heteroatoms. The van der Waals surface area contributed by atoms with Crippen LogP contribution in [0.2, 0.25) is 0 Å². The fraction of sp³-hybridized carbons (Fsp3) is 0.308. The molecule has 1 aromatic carbocycles. The molecule has 1 amide bonds. The molecule has 0 bridgehead atoms. The van der Waals surface area contributed by atoms with Crippen LogP contribution in [0.4, 0.5) is 0 Å². The highest BCUT2D eigenvalue weighted by Gasteiger charge is 2.15. The molecule has 0 aliphatic carbocycles. The van der Waals surface area contributed by atoms with Crippen molar-refractivity contribution in [1.82, 2.24) is 4.90 Å². The standard InChI is InChI=1S/C13H14N2O3/c1-2-15(7-6-12(16)17)13(18)11-5-3-4-10(8-11)9-14/h3-5,8H,2,6-7H2,1H3,(H,16,17). The van der Waals surface area contributed by atoms with Crippen LogP contribution in [-0.2, 0) is 4.79 Å². The summed E-state index contributed by atoms with van der Waals surface area (Å²) in [6.07, 6.45) is -0.0858. The van der Waals surface area contributed by atoms with E-state index in [9.17, 15) is 9.59 Å². The number of carbonyl (C=O) groups excluding carboxylic acids is 1. The highest BCUT2D eigenvalue weighted by molar-refractivity contribution is 5.94. The van der Waals surface area contributed by atoms with E-state index in [1.54, 1.807) is 25.1 Å². The number of carbonyl (C=O) groups is 2. The van der Waals surface area contributed by atoms with Crippen molar-refractivity contribution in [3.8, 4) is 6.07 Å².